The number of fused-ring (bicyclic) bond motifs is 1. The summed E-state index contributed by atoms with van der Waals surface area (Å²) in [6.45, 7) is 4.00. The Balaban J connectivity index is 1.50. The van der Waals surface area contributed by atoms with Crippen molar-refractivity contribution in [3.63, 3.8) is 0 Å². The van der Waals surface area contributed by atoms with E-state index in [9.17, 15) is 4.79 Å². The maximum Gasteiger partial charge on any atom is 0.234 e. The summed E-state index contributed by atoms with van der Waals surface area (Å²) in [6.07, 6.45) is 1.45. The van der Waals surface area contributed by atoms with Gasteiger partial charge < -0.3 is 10.1 Å². The van der Waals surface area contributed by atoms with Crippen molar-refractivity contribution >= 4 is 34.5 Å². The van der Waals surface area contributed by atoms with Gasteiger partial charge in [0.25, 0.3) is 0 Å². The molecular formula is C21H20N6O2S. The van der Waals surface area contributed by atoms with E-state index >= 15 is 0 Å². The lowest BCUT2D eigenvalue weighted by Gasteiger charge is -2.07. The van der Waals surface area contributed by atoms with E-state index < -0.39 is 0 Å². The van der Waals surface area contributed by atoms with Crippen molar-refractivity contribution in [3.05, 3.63) is 59.9 Å². The van der Waals surface area contributed by atoms with Gasteiger partial charge in [0.2, 0.25) is 5.91 Å². The highest BCUT2D eigenvalue weighted by atomic mass is 32.2. The topological polar surface area (TPSA) is 94.8 Å². The number of nitrogens with one attached hydrogen (secondary N) is 1. The number of carbonyl (C=O) groups is 1. The normalized spacial score (nSPS) is 10.9. The van der Waals surface area contributed by atoms with Crippen molar-refractivity contribution in [2.75, 3.05) is 18.2 Å². The third kappa shape index (κ3) is 4.25. The molecule has 0 aliphatic heterocycles. The molecule has 30 heavy (non-hydrogen) atoms. The molecule has 0 atom stereocenters. The number of aryl methyl sites for hydroxylation is 2. The van der Waals surface area contributed by atoms with Gasteiger partial charge in [-0.3, -0.25) is 4.79 Å². The number of ether oxygens (including phenoxy) is 1. The zero-order valence-electron chi connectivity index (χ0n) is 16.8. The lowest BCUT2D eigenvalue weighted by molar-refractivity contribution is -0.113. The second-order valence-electron chi connectivity index (χ2n) is 6.76. The number of anilines is 1. The van der Waals surface area contributed by atoms with Gasteiger partial charge in [-0.25, -0.2) is 9.97 Å². The average molecular weight is 420 g/mol. The minimum Gasteiger partial charge on any atom is -0.497 e. The van der Waals surface area contributed by atoms with E-state index in [0.29, 0.717) is 16.2 Å². The molecule has 0 aliphatic carbocycles. The molecule has 1 amide bonds. The summed E-state index contributed by atoms with van der Waals surface area (Å²) in [5, 5.41) is 12.0. The first-order chi connectivity index (χ1) is 14.5. The molecule has 0 radical (unpaired) electrons. The van der Waals surface area contributed by atoms with Crippen LogP contribution in [0.5, 0.6) is 5.75 Å². The van der Waals surface area contributed by atoms with Crippen molar-refractivity contribution in [2.24, 2.45) is 0 Å². The summed E-state index contributed by atoms with van der Waals surface area (Å²) in [5.74, 6) is 0.845. The quantitative estimate of drug-likeness (QED) is 0.376. The zero-order chi connectivity index (χ0) is 21.1. The van der Waals surface area contributed by atoms with E-state index in [1.807, 2.05) is 50.2 Å². The molecule has 2 heterocycles. The van der Waals surface area contributed by atoms with Gasteiger partial charge in [-0.05, 0) is 61.4 Å². The molecule has 0 spiro atoms. The Morgan fingerprint density at radius 2 is 1.83 bits per heavy atom. The Labute approximate surface area is 177 Å². The van der Waals surface area contributed by atoms with Crippen LogP contribution in [-0.4, -0.2) is 43.7 Å². The summed E-state index contributed by atoms with van der Waals surface area (Å²) >= 11 is 1.30. The second-order valence-corrected chi connectivity index (χ2v) is 7.73. The summed E-state index contributed by atoms with van der Waals surface area (Å²) < 4.78 is 6.83. The van der Waals surface area contributed by atoms with Gasteiger partial charge in [0.05, 0.1) is 18.6 Å². The number of aromatic nitrogens is 5. The fraction of sp³-hybridized carbons (Fsp3) is 0.190. The first-order valence-electron chi connectivity index (χ1n) is 9.25. The fourth-order valence-corrected chi connectivity index (χ4v) is 3.84. The molecule has 8 nitrogen and oxygen atoms in total. The lowest BCUT2D eigenvalue weighted by atomic mass is 10.1. The Bertz CT molecular complexity index is 1190. The predicted octanol–water partition coefficient (Wildman–Crippen LogP) is 3.57. The summed E-state index contributed by atoms with van der Waals surface area (Å²) in [5.41, 5.74) is 4.93. The highest BCUT2D eigenvalue weighted by Crippen LogP contribution is 2.25. The van der Waals surface area contributed by atoms with Gasteiger partial charge in [0.1, 0.15) is 17.1 Å². The van der Waals surface area contributed by atoms with Gasteiger partial charge in [-0.2, -0.15) is 4.68 Å². The van der Waals surface area contributed by atoms with E-state index in [4.69, 9.17) is 4.74 Å². The number of hydrogen-bond donors (Lipinski definition) is 1. The predicted molar refractivity (Wildman–Crippen MR) is 116 cm³/mol. The van der Waals surface area contributed by atoms with Crippen LogP contribution in [0.3, 0.4) is 0 Å². The molecule has 4 aromatic rings. The summed E-state index contributed by atoms with van der Waals surface area (Å²) in [6, 6.07) is 13.4. The third-order valence-corrected chi connectivity index (χ3v) is 5.35. The average Bonchev–Trinajstić information content (AvgIpc) is 3.16. The molecule has 0 fully saturated rings. The van der Waals surface area contributed by atoms with Gasteiger partial charge in [0, 0.05) is 5.69 Å². The third-order valence-electron chi connectivity index (χ3n) is 4.37. The number of rotatable bonds is 6. The molecule has 2 aromatic heterocycles. The molecule has 9 heteroatoms. The maximum absolute atomic E-state index is 12.4. The van der Waals surface area contributed by atoms with Crippen molar-refractivity contribution < 1.29 is 9.53 Å². The van der Waals surface area contributed by atoms with Crippen LogP contribution in [0.25, 0.3) is 16.9 Å². The number of carbonyl (C=O) groups excluding carboxylic acids is 1. The second kappa shape index (κ2) is 8.50. The molecule has 0 saturated carbocycles. The zero-order valence-corrected chi connectivity index (χ0v) is 17.6. The largest absolute Gasteiger partial charge is 0.497 e. The molecule has 0 unspecified atom stereocenters. The molecule has 4 rings (SSSR count). The molecule has 1 N–H and O–H groups in total. The van der Waals surface area contributed by atoms with Crippen molar-refractivity contribution in [1.82, 2.24) is 25.0 Å². The standard InChI is InChI=1S/C21H20N6O2S/c1-13-8-14(2)10-15(9-13)24-18(28)11-30-21-19-20(22-12-23-21)27(26-25-19)16-4-6-17(29-3)7-5-16/h4-10,12H,11H2,1-3H3,(H,24,28). The van der Waals surface area contributed by atoms with Gasteiger partial charge in [-0.15, -0.1) is 5.10 Å². The van der Waals surface area contributed by atoms with Crippen molar-refractivity contribution in [1.29, 1.82) is 0 Å². The van der Waals surface area contributed by atoms with E-state index in [-0.39, 0.29) is 11.7 Å². The van der Waals surface area contributed by atoms with E-state index in [2.05, 4.69) is 31.7 Å². The molecule has 152 valence electrons. The number of thioether (sulfide) groups is 1. The molecule has 2 aromatic carbocycles. The molecule has 0 bridgehead atoms. The monoisotopic (exact) mass is 420 g/mol. The van der Waals surface area contributed by atoms with Crippen LogP contribution in [0.1, 0.15) is 11.1 Å². The van der Waals surface area contributed by atoms with Crippen LogP contribution in [0.15, 0.2) is 53.8 Å². The van der Waals surface area contributed by atoms with Gasteiger partial charge in [-0.1, -0.05) is 23.0 Å². The van der Waals surface area contributed by atoms with E-state index in [1.54, 1.807) is 11.8 Å². The number of amides is 1. The highest BCUT2D eigenvalue weighted by Gasteiger charge is 2.15. The molecular weight excluding hydrogens is 400 g/mol. The summed E-state index contributed by atoms with van der Waals surface area (Å²) in [4.78, 5) is 21.0. The molecule has 0 aliphatic rings. The van der Waals surface area contributed by atoms with E-state index in [1.165, 1.54) is 18.1 Å². The Hall–Kier alpha value is -3.46. The molecule has 0 saturated heterocycles. The van der Waals surface area contributed by atoms with Crippen molar-refractivity contribution in [2.45, 2.75) is 18.9 Å². The highest BCUT2D eigenvalue weighted by molar-refractivity contribution is 8.00. The number of hydrogen-bond acceptors (Lipinski definition) is 7. The number of methoxy groups -OCH3 is 1. The van der Waals surface area contributed by atoms with Crippen molar-refractivity contribution in [3.8, 4) is 11.4 Å². The van der Waals surface area contributed by atoms with Crippen LogP contribution in [0, 0.1) is 13.8 Å². The Kier molecular flexibility index (Phi) is 5.62. The maximum atomic E-state index is 12.4. The summed E-state index contributed by atoms with van der Waals surface area (Å²) in [7, 11) is 1.62. The van der Waals surface area contributed by atoms with Crippen LogP contribution in [-0.2, 0) is 4.79 Å². The smallest absolute Gasteiger partial charge is 0.234 e. The first kappa shape index (κ1) is 19.8. The van der Waals surface area contributed by atoms with E-state index in [0.717, 1.165) is 28.3 Å². The first-order valence-corrected chi connectivity index (χ1v) is 10.2. The van der Waals surface area contributed by atoms with Gasteiger partial charge in [0.15, 0.2) is 11.2 Å². The van der Waals surface area contributed by atoms with Crippen LogP contribution >= 0.6 is 11.8 Å². The van der Waals surface area contributed by atoms with Crippen LogP contribution in [0.2, 0.25) is 0 Å². The fourth-order valence-electron chi connectivity index (χ4n) is 3.11. The van der Waals surface area contributed by atoms with Crippen LogP contribution in [0.4, 0.5) is 5.69 Å². The van der Waals surface area contributed by atoms with Crippen LogP contribution < -0.4 is 10.1 Å². The minimum absolute atomic E-state index is 0.112. The number of nitrogens with zero attached hydrogens (tertiary/aromatic N) is 5. The Morgan fingerprint density at radius 3 is 2.53 bits per heavy atom. The van der Waals surface area contributed by atoms with Gasteiger partial charge >= 0.3 is 0 Å². The Morgan fingerprint density at radius 1 is 1.10 bits per heavy atom. The lowest BCUT2D eigenvalue weighted by Crippen LogP contribution is -2.14. The minimum atomic E-state index is -0.112. The number of benzene rings is 2. The SMILES string of the molecule is COc1ccc(-n2nnc3c(SCC(=O)Nc4cc(C)cc(C)c4)ncnc32)cc1.